The Kier molecular flexibility index (Phi) is 5.11. The molecule has 3 aromatic carbocycles. The fraction of sp³-hybridized carbons (Fsp3) is 0.167. The Morgan fingerprint density at radius 1 is 0.950 bits per heavy atom. The molecule has 2 aliphatic rings. The monoisotopic (exact) mass is 552 g/mol. The Bertz CT molecular complexity index is 1970. The van der Waals surface area contributed by atoms with Gasteiger partial charge in [-0.1, -0.05) is 41.7 Å². The van der Waals surface area contributed by atoms with Gasteiger partial charge in [0.15, 0.2) is 11.0 Å². The van der Waals surface area contributed by atoms with E-state index in [1.54, 1.807) is 55.5 Å². The molecule has 2 aromatic heterocycles. The van der Waals surface area contributed by atoms with Crippen molar-refractivity contribution in [1.29, 1.82) is 0 Å². The second-order valence-electron chi connectivity index (χ2n) is 10.1. The number of anilines is 2. The van der Waals surface area contributed by atoms with Crippen LogP contribution in [0.4, 0.5) is 15.2 Å². The molecule has 1 unspecified atom stereocenters. The van der Waals surface area contributed by atoms with E-state index < -0.39 is 28.6 Å². The molecule has 0 radical (unpaired) electrons. The highest BCUT2D eigenvalue weighted by molar-refractivity contribution is 7.15. The molecule has 0 N–H and O–H groups in total. The highest BCUT2D eigenvalue weighted by Crippen LogP contribution is 2.54. The number of hydrogen-bond acceptors (Lipinski definition) is 7. The molecule has 0 fully saturated rings. The van der Waals surface area contributed by atoms with Crippen molar-refractivity contribution >= 4 is 44.9 Å². The number of aryl methyl sites for hydroxylation is 3. The van der Waals surface area contributed by atoms with Crippen LogP contribution in [0.1, 0.15) is 43.4 Å². The molecular weight excluding hydrogens is 531 g/mol. The fourth-order valence-corrected chi connectivity index (χ4v) is 6.46. The number of hydrogen-bond donors (Lipinski definition) is 0. The largest absolute Gasteiger partial charge is 0.450 e. The maximum absolute atomic E-state index is 14.8. The summed E-state index contributed by atoms with van der Waals surface area (Å²) in [6.45, 7) is 5.63. The zero-order valence-corrected chi connectivity index (χ0v) is 22.5. The van der Waals surface area contributed by atoms with Gasteiger partial charge in [-0.15, -0.1) is 10.2 Å². The average molecular weight is 553 g/mol. The van der Waals surface area contributed by atoms with Gasteiger partial charge in [0, 0.05) is 5.56 Å². The molecule has 1 spiro atoms. The number of rotatable bonds is 3. The lowest BCUT2D eigenvalue weighted by Crippen LogP contribution is -2.53. The van der Waals surface area contributed by atoms with Crippen LogP contribution in [0.2, 0.25) is 0 Å². The summed E-state index contributed by atoms with van der Waals surface area (Å²) < 4.78 is 19.8. The minimum Gasteiger partial charge on any atom is -0.450 e. The zero-order chi connectivity index (χ0) is 27.9. The number of fused-ring (bicyclic) bond motifs is 5. The highest BCUT2D eigenvalue weighted by atomic mass is 32.1. The summed E-state index contributed by atoms with van der Waals surface area (Å²) in [5.41, 5.74) is 1.37. The maximum atomic E-state index is 14.8. The van der Waals surface area contributed by atoms with Gasteiger partial charge in [0.25, 0.3) is 11.8 Å². The standard InChI is InChI=1S/C30H21FN4O4S/c1-15-12-20-23(13-16(15)2)39-26-24(25(20)36)30(35(27(26)37)29-33-32-17(3)40-29)21-6-4-5-7-22(21)34(28(30)38)14-18-8-10-19(31)11-9-18/h4-13H,14H2,1-3H3. The summed E-state index contributed by atoms with van der Waals surface area (Å²) in [5.74, 6) is -1.74. The van der Waals surface area contributed by atoms with Crippen molar-refractivity contribution in [3.63, 3.8) is 0 Å². The van der Waals surface area contributed by atoms with Crippen LogP contribution in [0.25, 0.3) is 11.0 Å². The van der Waals surface area contributed by atoms with E-state index in [0.29, 0.717) is 21.8 Å². The van der Waals surface area contributed by atoms with E-state index in [2.05, 4.69) is 10.2 Å². The van der Waals surface area contributed by atoms with Crippen molar-refractivity contribution in [2.24, 2.45) is 0 Å². The molecule has 0 aliphatic carbocycles. The van der Waals surface area contributed by atoms with Crippen LogP contribution in [-0.2, 0) is 16.9 Å². The molecule has 0 saturated heterocycles. The Labute approximate surface area is 231 Å². The number of aromatic nitrogens is 2. The van der Waals surface area contributed by atoms with Crippen LogP contribution in [0.3, 0.4) is 0 Å². The number of benzene rings is 3. The minimum absolute atomic E-state index is 0.0415. The van der Waals surface area contributed by atoms with Gasteiger partial charge in [-0.2, -0.15) is 0 Å². The third kappa shape index (κ3) is 3.13. The van der Waals surface area contributed by atoms with Gasteiger partial charge in [-0.3, -0.25) is 19.3 Å². The van der Waals surface area contributed by atoms with E-state index in [0.717, 1.165) is 22.5 Å². The molecule has 2 aliphatic heterocycles. The third-order valence-corrected chi connectivity index (χ3v) is 8.52. The van der Waals surface area contributed by atoms with Crippen LogP contribution in [0, 0.1) is 26.6 Å². The average Bonchev–Trinajstić information content (AvgIpc) is 3.55. The van der Waals surface area contributed by atoms with Gasteiger partial charge in [0.2, 0.25) is 10.9 Å². The maximum Gasteiger partial charge on any atom is 0.297 e. The molecule has 7 rings (SSSR count). The second kappa shape index (κ2) is 8.40. The van der Waals surface area contributed by atoms with E-state index in [1.165, 1.54) is 21.9 Å². The van der Waals surface area contributed by atoms with Crippen molar-refractivity contribution in [2.75, 3.05) is 9.80 Å². The predicted molar refractivity (Wildman–Crippen MR) is 148 cm³/mol. The van der Waals surface area contributed by atoms with Gasteiger partial charge >= 0.3 is 0 Å². The molecule has 10 heteroatoms. The van der Waals surface area contributed by atoms with Crippen molar-refractivity contribution < 1.29 is 18.4 Å². The molecule has 0 bridgehead atoms. The molecule has 40 heavy (non-hydrogen) atoms. The lowest BCUT2D eigenvalue weighted by atomic mass is 9.84. The summed E-state index contributed by atoms with van der Waals surface area (Å²) in [6.07, 6.45) is 0. The highest BCUT2D eigenvalue weighted by Gasteiger charge is 2.66. The van der Waals surface area contributed by atoms with Gasteiger partial charge in [0.1, 0.15) is 16.4 Å². The van der Waals surface area contributed by atoms with Crippen LogP contribution >= 0.6 is 11.3 Å². The van der Waals surface area contributed by atoms with Crippen LogP contribution in [0.5, 0.6) is 0 Å². The van der Waals surface area contributed by atoms with Crippen LogP contribution in [0.15, 0.2) is 69.9 Å². The van der Waals surface area contributed by atoms with E-state index in [4.69, 9.17) is 4.42 Å². The number of halogens is 1. The van der Waals surface area contributed by atoms with Gasteiger partial charge in [-0.25, -0.2) is 4.39 Å². The van der Waals surface area contributed by atoms with Crippen molar-refractivity contribution in [3.8, 4) is 0 Å². The lowest BCUT2D eigenvalue weighted by Gasteiger charge is -2.32. The number of nitrogens with zero attached hydrogens (tertiary/aromatic N) is 4. The first-order valence-electron chi connectivity index (χ1n) is 12.6. The van der Waals surface area contributed by atoms with Crippen LogP contribution < -0.4 is 15.2 Å². The zero-order valence-electron chi connectivity index (χ0n) is 21.7. The summed E-state index contributed by atoms with van der Waals surface area (Å²) in [4.78, 5) is 46.1. The topological polar surface area (TPSA) is 96.6 Å². The summed E-state index contributed by atoms with van der Waals surface area (Å²) in [6, 6.07) is 16.4. The molecule has 1 atom stereocenters. The van der Waals surface area contributed by atoms with Crippen molar-refractivity contribution in [1.82, 2.24) is 10.2 Å². The van der Waals surface area contributed by atoms with Crippen LogP contribution in [-0.4, -0.2) is 22.0 Å². The number of amides is 2. The van der Waals surface area contributed by atoms with Crippen molar-refractivity contribution in [2.45, 2.75) is 32.9 Å². The summed E-state index contributed by atoms with van der Waals surface area (Å²) in [7, 11) is 0. The minimum atomic E-state index is -1.86. The molecule has 198 valence electrons. The van der Waals surface area contributed by atoms with E-state index in [9.17, 15) is 18.8 Å². The molecular formula is C30H21FN4O4S. The number of carbonyl (C=O) groups excluding carboxylic acids is 2. The number of para-hydroxylation sites is 1. The SMILES string of the molecule is Cc1nnc(N2C(=O)c3oc4cc(C)c(C)cc4c(=O)c3C23C(=O)N(Cc2ccc(F)cc2)c2ccccc23)s1. The lowest BCUT2D eigenvalue weighted by molar-refractivity contribution is -0.121. The first-order chi connectivity index (χ1) is 19.2. The first kappa shape index (κ1) is 24.3. The van der Waals surface area contributed by atoms with Gasteiger partial charge < -0.3 is 9.32 Å². The molecule has 4 heterocycles. The van der Waals surface area contributed by atoms with E-state index >= 15 is 0 Å². The van der Waals surface area contributed by atoms with Crippen molar-refractivity contribution in [3.05, 3.63) is 115 Å². The Hall–Kier alpha value is -4.70. The fourth-order valence-electron chi connectivity index (χ4n) is 5.72. The Balaban J connectivity index is 1.56. The molecule has 0 saturated carbocycles. The Morgan fingerprint density at radius 3 is 2.40 bits per heavy atom. The molecule has 8 nitrogen and oxygen atoms in total. The quantitative estimate of drug-likeness (QED) is 0.307. The summed E-state index contributed by atoms with van der Waals surface area (Å²) >= 11 is 1.15. The normalized spacial score (nSPS) is 17.8. The van der Waals surface area contributed by atoms with Gasteiger partial charge in [-0.05, 0) is 67.8 Å². The van der Waals surface area contributed by atoms with E-state index in [-0.39, 0.29) is 34.0 Å². The molecule has 5 aromatic rings. The smallest absolute Gasteiger partial charge is 0.297 e. The summed E-state index contributed by atoms with van der Waals surface area (Å²) in [5, 5.41) is 9.37. The second-order valence-corrected chi connectivity index (χ2v) is 11.2. The molecule has 2 amide bonds. The first-order valence-corrected chi connectivity index (χ1v) is 13.4. The third-order valence-electron chi connectivity index (χ3n) is 7.70. The Morgan fingerprint density at radius 2 is 1.68 bits per heavy atom. The predicted octanol–water partition coefficient (Wildman–Crippen LogP) is 5.16. The van der Waals surface area contributed by atoms with Gasteiger partial charge in [0.05, 0.1) is 23.2 Å². The van der Waals surface area contributed by atoms with E-state index in [1.807, 2.05) is 13.8 Å². The number of carbonyl (C=O) groups is 2.